The lowest BCUT2D eigenvalue weighted by atomic mass is 10.1. The molecule has 1 fully saturated rings. The van der Waals surface area contributed by atoms with Crippen LogP contribution < -0.4 is 0 Å². The number of aromatic nitrogens is 3. The summed E-state index contributed by atoms with van der Waals surface area (Å²) in [5, 5.41) is 7.38. The third-order valence-electron chi connectivity index (χ3n) is 2.49. The molecule has 0 saturated carbocycles. The van der Waals surface area contributed by atoms with Crippen LogP contribution in [0, 0.1) is 0 Å². The zero-order valence-corrected chi connectivity index (χ0v) is 10.0. The molecule has 2 heterocycles. The second-order valence-electron chi connectivity index (χ2n) is 4.39. The number of rotatable bonds is 2. The molecule has 1 aliphatic heterocycles. The zero-order valence-electron chi connectivity index (χ0n) is 10.0. The lowest BCUT2D eigenvalue weighted by Gasteiger charge is -2.35. The largest absolute Gasteiger partial charge is 0.463 e. The maximum atomic E-state index is 11.4. The van der Waals surface area contributed by atoms with Gasteiger partial charge in [-0.05, 0) is 13.8 Å². The number of ether oxygens (including phenoxy) is 3. The highest BCUT2D eigenvalue weighted by molar-refractivity contribution is 5.85. The molecule has 94 valence electrons. The van der Waals surface area contributed by atoms with Crippen molar-refractivity contribution < 1.29 is 19.0 Å². The average molecular weight is 241 g/mol. The molecule has 1 atom stereocenters. The summed E-state index contributed by atoms with van der Waals surface area (Å²) in [6.07, 6.45) is 1.03. The minimum absolute atomic E-state index is 0.112. The second-order valence-corrected chi connectivity index (χ2v) is 4.39. The van der Waals surface area contributed by atoms with Gasteiger partial charge in [-0.15, -0.1) is 10.2 Å². The van der Waals surface area contributed by atoms with Crippen molar-refractivity contribution in [3.8, 4) is 0 Å². The van der Waals surface area contributed by atoms with Gasteiger partial charge in [0.2, 0.25) is 5.82 Å². The van der Waals surface area contributed by atoms with Crippen LogP contribution in [0.5, 0.6) is 0 Å². The first kappa shape index (κ1) is 12.0. The number of methoxy groups -OCH3 is 1. The standard InChI is InChI=1S/C10H15N3O4/c1-10(2)5-16-7(4-17-10)13-6-11-12-8(13)9(14)15-3/h6-7H,4-5H2,1-3H3. The van der Waals surface area contributed by atoms with Gasteiger partial charge >= 0.3 is 5.97 Å². The fourth-order valence-corrected chi connectivity index (χ4v) is 1.53. The van der Waals surface area contributed by atoms with Gasteiger partial charge < -0.3 is 14.2 Å². The van der Waals surface area contributed by atoms with Crippen molar-refractivity contribution in [3.63, 3.8) is 0 Å². The molecule has 2 rings (SSSR count). The summed E-state index contributed by atoms with van der Waals surface area (Å²) in [6.45, 7) is 4.67. The normalized spacial score (nSPS) is 23.4. The summed E-state index contributed by atoms with van der Waals surface area (Å²) in [6, 6.07) is 0. The smallest absolute Gasteiger partial charge is 0.376 e. The van der Waals surface area contributed by atoms with Gasteiger partial charge in [-0.3, -0.25) is 4.57 Å². The maximum Gasteiger partial charge on any atom is 0.376 e. The average Bonchev–Trinajstić information content (AvgIpc) is 2.77. The van der Waals surface area contributed by atoms with Gasteiger partial charge in [0.1, 0.15) is 6.33 Å². The summed E-state index contributed by atoms with van der Waals surface area (Å²) in [4.78, 5) is 11.4. The van der Waals surface area contributed by atoms with E-state index >= 15 is 0 Å². The van der Waals surface area contributed by atoms with Crippen molar-refractivity contribution >= 4 is 5.97 Å². The third kappa shape index (κ3) is 2.45. The first-order valence-corrected chi connectivity index (χ1v) is 5.27. The molecule has 1 aliphatic rings. The molecular weight excluding hydrogens is 226 g/mol. The summed E-state index contributed by atoms with van der Waals surface area (Å²) in [5.41, 5.74) is -0.310. The topological polar surface area (TPSA) is 75.5 Å². The summed E-state index contributed by atoms with van der Waals surface area (Å²) in [7, 11) is 1.29. The van der Waals surface area contributed by atoms with Crippen LogP contribution in [0.1, 0.15) is 30.7 Å². The molecule has 7 heteroatoms. The van der Waals surface area contributed by atoms with E-state index in [4.69, 9.17) is 9.47 Å². The number of hydrogen-bond donors (Lipinski definition) is 0. The lowest BCUT2D eigenvalue weighted by Crippen LogP contribution is -2.41. The van der Waals surface area contributed by atoms with Crippen LogP contribution in [0.2, 0.25) is 0 Å². The van der Waals surface area contributed by atoms with Crippen molar-refractivity contribution in [1.82, 2.24) is 14.8 Å². The molecule has 1 saturated heterocycles. The van der Waals surface area contributed by atoms with E-state index in [1.807, 2.05) is 13.8 Å². The first-order valence-electron chi connectivity index (χ1n) is 5.27. The Hall–Kier alpha value is -1.47. The lowest BCUT2D eigenvalue weighted by molar-refractivity contribution is -0.198. The summed E-state index contributed by atoms with van der Waals surface area (Å²) in [5.74, 6) is -0.434. The molecule has 0 bridgehead atoms. The Morgan fingerprint density at radius 3 is 3.00 bits per heavy atom. The summed E-state index contributed by atoms with van der Waals surface area (Å²) >= 11 is 0. The number of carbonyl (C=O) groups excluding carboxylic acids is 1. The van der Waals surface area contributed by atoms with Crippen molar-refractivity contribution in [1.29, 1.82) is 0 Å². The fourth-order valence-electron chi connectivity index (χ4n) is 1.53. The quantitative estimate of drug-likeness (QED) is 0.697. The molecule has 0 radical (unpaired) electrons. The Balaban J connectivity index is 2.14. The number of hydrogen-bond acceptors (Lipinski definition) is 6. The maximum absolute atomic E-state index is 11.4. The van der Waals surface area contributed by atoms with E-state index in [1.165, 1.54) is 18.0 Å². The fraction of sp³-hybridized carbons (Fsp3) is 0.700. The molecule has 0 spiro atoms. The molecule has 7 nitrogen and oxygen atoms in total. The van der Waals surface area contributed by atoms with Crippen molar-refractivity contribution in [2.45, 2.75) is 25.7 Å². The van der Waals surface area contributed by atoms with Crippen LogP contribution in [0.4, 0.5) is 0 Å². The zero-order chi connectivity index (χ0) is 12.5. The number of esters is 1. The molecule has 0 aromatic carbocycles. The minimum atomic E-state index is -0.545. The SMILES string of the molecule is COC(=O)c1nncn1C1COC(C)(C)CO1. The Labute approximate surface area is 98.7 Å². The highest BCUT2D eigenvalue weighted by Gasteiger charge is 2.31. The van der Waals surface area contributed by atoms with Crippen LogP contribution in [-0.2, 0) is 14.2 Å². The van der Waals surface area contributed by atoms with Gasteiger partial charge in [0.05, 0.1) is 25.9 Å². The second kappa shape index (κ2) is 4.42. The van der Waals surface area contributed by atoms with Gasteiger partial charge in [0.25, 0.3) is 0 Å². The van der Waals surface area contributed by atoms with Gasteiger partial charge in [-0.2, -0.15) is 0 Å². The molecule has 0 amide bonds. The molecule has 1 unspecified atom stereocenters. The molecule has 17 heavy (non-hydrogen) atoms. The van der Waals surface area contributed by atoms with E-state index in [-0.39, 0.29) is 11.4 Å². The third-order valence-corrected chi connectivity index (χ3v) is 2.49. The van der Waals surface area contributed by atoms with Crippen molar-refractivity contribution in [3.05, 3.63) is 12.2 Å². The van der Waals surface area contributed by atoms with Crippen LogP contribution in [0.3, 0.4) is 0 Å². The Morgan fingerprint density at radius 2 is 2.41 bits per heavy atom. The molecule has 0 aliphatic carbocycles. The van der Waals surface area contributed by atoms with E-state index in [0.717, 1.165) is 0 Å². The van der Waals surface area contributed by atoms with E-state index in [2.05, 4.69) is 14.9 Å². The van der Waals surface area contributed by atoms with Gasteiger partial charge in [0.15, 0.2) is 6.23 Å². The predicted octanol–water partition coefficient (Wildman–Crippen LogP) is 0.389. The van der Waals surface area contributed by atoms with Crippen molar-refractivity contribution in [2.24, 2.45) is 0 Å². The predicted molar refractivity (Wildman–Crippen MR) is 56.4 cm³/mol. The first-order chi connectivity index (χ1) is 8.03. The molecular formula is C10H15N3O4. The minimum Gasteiger partial charge on any atom is -0.463 e. The highest BCUT2D eigenvalue weighted by Crippen LogP contribution is 2.24. The van der Waals surface area contributed by atoms with E-state index in [1.54, 1.807) is 0 Å². The van der Waals surface area contributed by atoms with Gasteiger partial charge in [-0.25, -0.2) is 4.79 Å². The van der Waals surface area contributed by atoms with Crippen LogP contribution >= 0.6 is 0 Å². The van der Waals surface area contributed by atoms with Gasteiger partial charge in [-0.1, -0.05) is 0 Å². The molecule has 1 aromatic heterocycles. The van der Waals surface area contributed by atoms with Crippen LogP contribution in [0.25, 0.3) is 0 Å². The van der Waals surface area contributed by atoms with Crippen LogP contribution in [0.15, 0.2) is 6.33 Å². The van der Waals surface area contributed by atoms with Crippen LogP contribution in [-0.4, -0.2) is 46.7 Å². The van der Waals surface area contributed by atoms with E-state index in [9.17, 15) is 4.79 Å². The summed E-state index contributed by atoms with van der Waals surface area (Å²) < 4.78 is 17.4. The Bertz CT molecular complexity index is 405. The van der Waals surface area contributed by atoms with Crippen molar-refractivity contribution in [2.75, 3.05) is 20.3 Å². The molecule has 1 aromatic rings. The number of carbonyl (C=O) groups is 1. The van der Waals surface area contributed by atoms with E-state index < -0.39 is 12.2 Å². The Kier molecular flexibility index (Phi) is 3.12. The monoisotopic (exact) mass is 241 g/mol. The number of nitrogens with zero attached hydrogens (tertiary/aromatic N) is 3. The van der Waals surface area contributed by atoms with Gasteiger partial charge in [0, 0.05) is 0 Å². The highest BCUT2D eigenvalue weighted by atomic mass is 16.6. The molecule has 0 N–H and O–H groups in total. The Morgan fingerprint density at radius 1 is 1.65 bits per heavy atom. The van der Waals surface area contributed by atoms with E-state index in [0.29, 0.717) is 13.2 Å².